The van der Waals surface area contributed by atoms with Gasteiger partial charge < -0.3 is 34.7 Å². The second-order valence-electron chi connectivity index (χ2n) is 5.39. The molecule has 0 bridgehead atoms. The molecule has 13 heteroatoms. The summed E-state index contributed by atoms with van der Waals surface area (Å²) in [5.41, 5.74) is 4.96. The Balaban J connectivity index is 1.90. The Morgan fingerprint density at radius 1 is 1.54 bits per heavy atom. The Hall–Kier alpha value is -1.82. The van der Waals surface area contributed by atoms with E-state index in [1.807, 2.05) is 0 Å². The van der Waals surface area contributed by atoms with Gasteiger partial charge >= 0.3 is 0 Å². The smallest absolute Gasteiger partial charge is 0.280 e. The summed E-state index contributed by atoms with van der Waals surface area (Å²) >= 11 is 0. The number of anilines is 1. The Morgan fingerprint density at radius 2 is 2.25 bits per heavy atom. The molecule has 2 aromatic rings. The molecule has 5 atom stereocenters. The summed E-state index contributed by atoms with van der Waals surface area (Å²) < 4.78 is 22.4. The molecule has 2 unspecified atom stereocenters. The molecule has 12 nitrogen and oxygen atoms in total. The van der Waals surface area contributed by atoms with Crippen molar-refractivity contribution in [1.29, 1.82) is 0 Å². The first-order valence-electron chi connectivity index (χ1n) is 6.84. The van der Waals surface area contributed by atoms with E-state index in [4.69, 9.17) is 10.5 Å². The zero-order valence-electron chi connectivity index (χ0n) is 12.4. The van der Waals surface area contributed by atoms with Gasteiger partial charge in [0.05, 0.1) is 12.9 Å². The SMILES string of the molecule is CP(=O)([O-])OC[C@H]1O[C@@H](n2cnc3c(=O)[nH]c(N)nc32)C(O)[C@H]1O. The van der Waals surface area contributed by atoms with E-state index in [0.717, 1.165) is 6.66 Å². The Bertz CT molecular complexity index is 860. The van der Waals surface area contributed by atoms with Gasteiger partial charge in [-0.15, -0.1) is 0 Å². The number of nitrogens with two attached hydrogens (primary N) is 1. The number of aromatic nitrogens is 4. The second kappa shape index (κ2) is 5.92. The number of nitrogen functional groups attached to an aromatic ring is 1. The van der Waals surface area contributed by atoms with Gasteiger partial charge in [0, 0.05) is 6.66 Å². The van der Waals surface area contributed by atoms with E-state index in [-0.39, 0.29) is 17.1 Å². The third kappa shape index (κ3) is 3.07. The molecule has 0 spiro atoms. The molecule has 0 amide bonds. The first-order chi connectivity index (χ1) is 11.2. The molecule has 1 aliphatic rings. The fraction of sp³-hybridized carbons (Fsp3) is 0.545. The first kappa shape index (κ1) is 17.0. The Morgan fingerprint density at radius 3 is 2.92 bits per heavy atom. The molecular formula is C11H15N5O7P-. The van der Waals surface area contributed by atoms with Crippen LogP contribution in [0.2, 0.25) is 0 Å². The van der Waals surface area contributed by atoms with E-state index < -0.39 is 44.3 Å². The number of imidazole rings is 1. The molecule has 1 fully saturated rings. The van der Waals surface area contributed by atoms with Gasteiger partial charge in [-0.1, -0.05) is 0 Å². The summed E-state index contributed by atoms with van der Waals surface area (Å²) in [4.78, 5) is 32.9. The maximum absolute atomic E-state index is 11.8. The van der Waals surface area contributed by atoms with Gasteiger partial charge in [0.25, 0.3) is 5.56 Å². The van der Waals surface area contributed by atoms with Crippen molar-refractivity contribution in [3.05, 3.63) is 16.7 Å². The van der Waals surface area contributed by atoms with E-state index in [0.29, 0.717) is 0 Å². The van der Waals surface area contributed by atoms with Crippen LogP contribution in [0.3, 0.4) is 0 Å². The van der Waals surface area contributed by atoms with Crippen LogP contribution >= 0.6 is 7.60 Å². The van der Waals surface area contributed by atoms with Crippen molar-refractivity contribution < 1.29 is 28.9 Å². The highest BCUT2D eigenvalue weighted by Gasteiger charge is 2.44. The standard InChI is InChI=1S/C11H16N5O7P/c1-24(20,21)22-2-4-6(17)7(18)10(23-4)16-3-13-5-8(16)14-11(12)15-9(5)19/h3-4,6-7,10,17-18H,2H2,1H3,(H,20,21)(H3,12,14,15,19)/p-1/t4-,6+,7?,10-/m1/s1. The molecule has 5 N–H and O–H groups in total. The molecule has 1 saturated heterocycles. The molecule has 3 heterocycles. The monoisotopic (exact) mass is 360 g/mol. The number of aliphatic hydroxyl groups is 2. The lowest BCUT2D eigenvalue weighted by Crippen LogP contribution is -2.34. The molecule has 0 aliphatic carbocycles. The minimum atomic E-state index is -4.01. The van der Waals surface area contributed by atoms with Gasteiger partial charge in [-0.2, -0.15) is 4.98 Å². The van der Waals surface area contributed by atoms with Crippen LogP contribution in [0.5, 0.6) is 0 Å². The zero-order chi connectivity index (χ0) is 17.6. The topological polar surface area (TPSA) is 189 Å². The molecule has 0 aromatic carbocycles. The Labute approximate surface area is 134 Å². The zero-order valence-corrected chi connectivity index (χ0v) is 13.3. The van der Waals surface area contributed by atoms with Crippen molar-refractivity contribution in [3.8, 4) is 0 Å². The van der Waals surface area contributed by atoms with Crippen molar-refractivity contribution >= 4 is 24.7 Å². The van der Waals surface area contributed by atoms with Crippen molar-refractivity contribution in [2.24, 2.45) is 0 Å². The van der Waals surface area contributed by atoms with Crippen LogP contribution in [0.25, 0.3) is 11.2 Å². The van der Waals surface area contributed by atoms with Crippen LogP contribution < -0.4 is 16.2 Å². The number of rotatable bonds is 4. The maximum Gasteiger partial charge on any atom is 0.280 e. The number of ether oxygens (including phenoxy) is 1. The van der Waals surface area contributed by atoms with E-state index in [9.17, 15) is 24.5 Å². The minimum Gasteiger partial charge on any atom is -0.779 e. The van der Waals surface area contributed by atoms with Gasteiger partial charge in [0.2, 0.25) is 5.95 Å². The van der Waals surface area contributed by atoms with Gasteiger partial charge in [-0.05, 0) is 0 Å². The third-order valence-electron chi connectivity index (χ3n) is 3.54. The summed E-state index contributed by atoms with van der Waals surface area (Å²) in [5.74, 6) is -0.152. The Kier molecular flexibility index (Phi) is 4.20. The average molecular weight is 360 g/mol. The lowest BCUT2D eigenvalue weighted by atomic mass is 10.1. The van der Waals surface area contributed by atoms with Gasteiger partial charge in [-0.3, -0.25) is 14.3 Å². The van der Waals surface area contributed by atoms with Crippen molar-refractivity contribution in [2.45, 2.75) is 24.5 Å². The van der Waals surface area contributed by atoms with Crippen molar-refractivity contribution in [3.63, 3.8) is 0 Å². The highest BCUT2D eigenvalue weighted by atomic mass is 31.2. The quantitative estimate of drug-likeness (QED) is 0.425. The van der Waals surface area contributed by atoms with Gasteiger partial charge in [-0.25, -0.2) is 4.98 Å². The number of aliphatic hydroxyl groups excluding tert-OH is 2. The number of nitrogens with zero attached hydrogens (tertiary/aromatic N) is 3. The first-order valence-corrected chi connectivity index (χ1v) is 8.83. The number of nitrogens with one attached hydrogen (secondary N) is 1. The fourth-order valence-electron chi connectivity index (χ4n) is 2.43. The number of fused-ring (bicyclic) bond motifs is 1. The predicted octanol–water partition coefficient (Wildman–Crippen LogP) is -2.48. The van der Waals surface area contributed by atoms with E-state index >= 15 is 0 Å². The molecule has 0 radical (unpaired) electrons. The predicted molar refractivity (Wildman–Crippen MR) is 78.0 cm³/mol. The second-order valence-corrected chi connectivity index (χ2v) is 7.19. The van der Waals surface area contributed by atoms with Crippen molar-refractivity contribution in [1.82, 2.24) is 19.5 Å². The van der Waals surface area contributed by atoms with Crippen LogP contribution in [0.4, 0.5) is 5.95 Å². The van der Waals surface area contributed by atoms with E-state index in [2.05, 4.69) is 19.5 Å². The lowest BCUT2D eigenvalue weighted by molar-refractivity contribution is -0.199. The third-order valence-corrected chi connectivity index (χ3v) is 4.15. The van der Waals surface area contributed by atoms with E-state index in [1.165, 1.54) is 10.9 Å². The molecule has 132 valence electrons. The number of H-pyrrole nitrogens is 1. The minimum absolute atomic E-state index is 0.0215. The largest absolute Gasteiger partial charge is 0.779 e. The molecule has 24 heavy (non-hydrogen) atoms. The number of hydrogen-bond donors (Lipinski definition) is 4. The molecule has 3 rings (SSSR count). The van der Waals surface area contributed by atoms with Crippen LogP contribution in [0.15, 0.2) is 11.1 Å². The maximum atomic E-state index is 11.8. The van der Waals surface area contributed by atoms with Crippen LogP contribution in [-0.2, 0) is 13.8 Å². The highest BCUT2D eigenvalue weighted by Crippen LogP contribution is 2.36. The van der Waals surface area contributed by atoms with Crippen LogP contribution in [0.1, 0.15) is 6.23 Å². The summed E-state index contributed by atoms with van der Waals surface area (Å²) in [6.45, 7) is 0.416. The van der Waals surface area contributed by atoms with Crippen LogP contribution in [-0.4, -0.2) is 61.3 Å². The summed E-state index contributed by atoms with van der Waals surface area (Å²) in [6.07, 6.45) is -3.85. The summed E-state index contributed by atoms with van der Waals surface area (Å²) in [6, 6.07) is 0. The van der Waals surface area contributed by atoms with Gasteiger partial charge in [0.1, 0.15) is 25.9 Å². The highest BCUT2D eigenvalue weighted by molar-refractivity contribution is 7.50. The van der Waals surface area contributed by atoms with Crippen LogP contribution in [0, 0.1) is 0 Å². The summed E-state index contributed by atoms with van der Waals surface area (Å²) in [5, 5.41) is 20.2. The number of aromatic amines is 1. The summed E-state index contributed by atoms with van der Waals surface area (Å²) in [7, 11) is -4.01. The molecule has 1 aliphatic heterocycles. The lowest BCUT2D eigenvalue weighted by Gasteiger charge is -2.21. The molecular weight excluding hydrogens is 345 g/mol. The van der Waals surface area contributed by atoms with E-state index in [1.54, 1.807) is 0 Å². The van der Waals surface area contributed by atoms with Crippen molar-refractivity contribution in [2.75, 3.05) is 19.0 Å². The number of hydrogen-bond acceptors (Lipinski definition) is 10. The molecule has 0 saturated carbocycles. The molecule has 2 aromatic heterocycles. The average Bonchev–Trinajstić information content (AvgIpc) is 3.00. The van der Waals surface area contributed by atoms with Gasteiger partial charge in [0.15, 0.2) is 17.4 Å². The fourth-order valence-corrected chi connectivity index (χ4v) is 2.85. The normalized spacial score (nSPS) is 29.8.